The average molecular weight is 932 g/mol. The SMILES string of the molecule is Cn1[c](=[Pt])n(-c2cccc(Oc3ccc4c5cc6c(cc5n(-c5ccccn5)c4c3)C3(c4ccccc4Sc4ccccc43)c3ccccc3-6)c2)c2ccccc21. The molecule has 0 fully saturated rings. The van der Waals surface area contributed by atoms with Crippen LogP contribution >= 0.6 is 11.8 Å². The summed E-state index contributed by atoms with van der Waals surface area (Å²) in [6, 6.07) is 61.3. The molecule has 4 heterocycles. The van der Waals surface area contributed by atoms with Gasteiger partial charge in [-0.25, -0.2) is 0 Å². The van der Waals surface area contributed by atoms with Gasteiger partial charge in [-0.3, -0.25) is 0 Å². The van der Waals surface area contributed by atoms with Crippen molar-refractivity contribution in [1.29, 1.82) is 0 Å². The number of nitrogens with zero attached hydrogens (tertiary/aromatic N) is 4. The third-order valence-corrected chi connectivity index (χ3v) is 14.2. The fraction of sp³-hybridized carbons (Fsp3) is 0.0400. The van der Waals surface area contributed by atoms with E-state index in [2.05, 4.69) is 198 Å². The number of hydrogen-bond donors (Lipinski definition) is 0. The van der Waals surface area contributed by atoms with Gasteiger partial charge in [-0.1, -0.05) is 78.5 Å². The van der Waals surface area contributed by atoms with E-state index >= 15 is 0 Å². The van der Waals surface area contributed by atoms with Gasteiger partial charge in [-0.05, 0) is 51.6 Å². The Hall–Kier alpha value is -6.20. The Morgan fingerprint density at radius 3 is 2.00 bits per heavy atom. The molecule has 274 valence electrons. The molecular formula is C50H32N4OPtS. The van der Waals surface area contributed by atoms with Crippen molar-refractivity contribution in [3.8, 4) is 34.1 Å². The van der Waals surface area contributed by atoms with Crippen LogP contribution in [-0.4, -0.2) is 18.7 Å². The molecule has 1 spiro atoms. The zero-order chi connectivity index (χ0) is 37.8. The number of ether oxygens (including phenoxy) is 1. The molecule has 0 radical (unpaired) electrons. The first-order valence-corrected chi connectivity index (χ1v) is 21.0. The van der Waals surface area contributed by atoms with Crippen molar-refractivity contribution in [2.75, 3.05) is 0 Å². The van der Waals surface area contributed by atoms with Crippen molar-refractivity contribution < 1.29 is 24.1 Å². The molecule has 7 heteroatoms. The van der Waals surface area contributed by atoms with Crippen LogP contribution < -0.4 is 4.74 Å². The minimum atomic E-state index is -0.469. The van der Waals surface area contributed by atoms with Gasteiger partial charge >= 0.3 is 194 Å². The number of fused-ring (bicyclic) bond motifs is 13. The topological polar surface area (TPSA) is 36.9 Å². The Morgan fingerprint density at radius 1 is 0.526 bits per heavy atom. The first kappa shape index (κ1) is 33.0. The van der Waals surface area contributed by atoms with E-state index in [9.17, 15) is 0 Å². The van der Waals surface area contributed by atoms with E-state index in [1.807, 2.05) is 30.1 Å². The molecule has 0 unspecified atom stereocenters. The van der Waals surface area contributed by atoms with E-state index in [-0.39, 0.29) is 0 Å². The molecule has 0 amide bonds. The standard InChI is InChI=1S/C50H32N4OS.Pt/c1-52-31-53(44-20-7-6-19-43(44)52)32-13-12-14-33(27-32)55-34-24-25-36-38-29-37-35-15-2-3-16-39(35)50(40-17-4-8-21-47(40)56-48-22-9-5-18-41(48)50)42(37)30-46(38)54(45(36)28-34)49-23-10-11-26-51-49;/h2-30H,1H3;. The van der Waals surface area contributed by atoms with Crippen LogP contribution in [0.5, 0.6) is 11.5 Å². The maximum absolute atomic E-state index is 6.73. The fourth-order valence-corrected chi connectivity index (χ4v) is 11.5. The van der Waals surface area contributed by atoms with Crippen LogP contribution in [0.3, 0.4) is 0 Å². The third kappa shape index (κ3) is 4.63. The van der Waals surface area contributed by atoms with Gasteiger partial charge in [0.05, 0.1) is 5.41 Å². The van der Waals surface area contributed by atoms with Gasteiger partial charge in [0.1, 0.15) is 0 Å². The molecule has 3 aromatic heterocycles. The second kappa shape index (κ2) is 12.4. The molecule has 0 bridgehead atoms. The van der Waals surface area contributed by atoms with Crippen molar-refractivity contribution >= 4 is 44.6 Å². The van der Waals surface area contributed by atoms with Gasteiger partial charge in [0.25, 0.3) is 0 Å². The summed E-state index contributed by atoms with van der Waals surface area (Å²) in [6.45, 7) is 0. The molecule has 1 aliphatic heterocycles. The Morgan fingerprint density at radius 2 is 1.21 bits per heavy atom. The number of hydrogen-bond acceptors (Lipinski definition) is 3. The summed E-state index contributed by atoms with van der Waals surface area (Å²) in [5.41, 5.74) is 12.9. The minimum absolute atomic E-state index is 0.469. The first-order chi connectivity index (χ1) is 28.1. The molecule has 0 atom stereocenters. The molecule has 0 saturated heterocycles. The van der Waals surface area contributed by atoms with Gasteiger partial charge in [0.2, 0.25) is 0 Å². The first-order valence-electron chi connectivity index (χ1n) is 19.0. The van der Waals surface area contributed by atoms with Gasteiger partial charge in [0.15, 0.2) is 0 Å². The molecular weight excluding hydrogens is 900 g/mol. The number of imidazole rings is 1. The van der Waals surface area contributed by atoms with Crippen LogP contribution in [-0.2, 0) is 31.8 Å². The average Bonchev–Trinajstić information content (AvgIpc) is 3.82. The fourth-order valence-electron chi connectivity index (χ4n) is 9.47. The Kier molecular flexibility index (Phi) is 7.17. The molecule has 57 heavy (non-hydrogen) atoms. The normalized spacial score (nSPS) is 13.5. The zero-order valence-electron chi connectivity index (χ0n) is 30.7. The van der Waals surface area contributed by atoms with Crippen molar-refractivity contribution in [3.05, 3.63) is 202 Å². The van der Waals surface area contributed by atoms with E-state index in [0.29, 0.717) is 0 Å². The Bertz CT molecular complexity index is 3310. The predicted octanol–water partition coefficient (Wildman–Crippen LogP) is 12.2. The molecule has 7 aromatic carbocycles. The summed E-state index contributed by atoms with van der Waals surface area (Å²) in [7, 11) is 2.11. The van der Waals surface area contributed by atoms with Crippen LogP contribution in [0, 0.1) is 3.80 Å². The van der Waals surface area contributed by atoms with E-state index in [1.165, 1.54) is 54.1 Å². The number of pyridine rings is 1. The molecule has 10 aromatic rings. The second-order valence-corrected chi connectivity index (χ2v) is 16.8. The Labute approximate surface area is 343 Å². The van der Waals surface area contributed by atoms with Crippen molar-refractivity contribution in [2.24, 2.45) is 7.05 Å². The number of rotatable bonds is 4. The maximum atomic E-state index is 6.73. The third-order valence-electron chi connectivity index (χ3n) is 11.8. The van der Waals surface area contributed by atoms with Crippen LogP contribution in [0.15, 0.2) is 186 Å². The summed E-state index contributed by atoms with van der Waals surface area (Å²) in [5, 5.41) is 2.34. The van der Waals surface area contributed by atoms with E-state index in [0.717, 1.165) is 48.7 Å². The number of aromatic nitrogens is 4. The molecule has 0 N–H and O–H groups in total. The molecule has 12 rings (SSSR count). The summed E-state index contributed by atoms with van der Waals surface area (Å²) >= 11 is 4.27. The van der Waals surface area contributed by atoms with Gasteiger partial charge < -0.3 is 0 Å². The van der Waals surface area contributed by atoms with Crippen LogP contribution in [0.4, 0.5) is 0 Å². The van der Waals surface area contributed by atoms with Crippen LogP contribution in [0.1, 0.15) is 22.3 Å². The zero-order valence-corrected chi connectivity index (χ0v) is 33.8. The van der Waals surface area contributed by atoms with Crippen LogP contribution in [0.2, 0.25) is 0 Å². The molecule has 0 saturated carbocycles. The number of aryl methyl sites for hydroxylation is 1. The number of benzene rings is 7. The summed E-state index contributed by atoms with van der Waals surface area (Å²) in [5.74, 6) is 2.40. The molecule has 5 nitrogen and oxygen atoms in total. The van der Waals surface area contributed by atoms with E-state index in [4.69, 9.17) is 9.72 Å². The van der Waals surface area contributed by atoms with Gasteiger partial charge in [0, 0.05) is 16.0 Å². The van der Waals surface area contributed by atoms with Crippen molar-refractivity contribution in [3.63, 3.8) is 0 Å². The quantitative estimate of drug-likeness (QED) is 0.176. The van der Waals surface area contributed by atoms with Gasteiger partial charge in [-0.15, -0.1) is 0 Å². The summed E-state index contributed by atoms with van der Waals surface area (Å²) < 4.78 is 14.7. The molecule has 2 aliphatic rings. The second-order valence-electron chi connectivity index (χ2n) is 14.7. The summed E-state index contributed by atoms with van der Waals surface area (Å²) in [4.78, 5) is 7.53. The van der Waals surface area contributed by atoms with E-state index < -0.39 is 5.41 Å². The summed E-state index contributed by atoms with van der Waals surface area (Å²) in [6.07, 6.45) is 1.88. The molecule has 1 aliphatic carbocycles. The number of para-hydroxylation sites is 2. The van der Waals surface area contributed by atoms with E-state index in [1.54, 1.807) is 0 Å². The monoisotopic (exact) mass is 931 g/mol. The van der Waals surface area contributed by atoms with Crippen molar-refractivity contribution in [1.82, 2.24) is 18.7 Å². The van der Waals surface area contributed by atoms with Crippen LogP contribution in [0.25, 0.3) is 55.5 Å². The Balaban J connectivity index is 1.08. The van der Waals surface area contributed by atoms with Gasteiger partial charge in [-0.2, -0.15) is 0 Å². The van der Waals surface area contributed by atoms with Crippen molar-refractivity contribution in [2.45, 2.75) is 15.2 Å². The predicted molar refractivity (Wildman–Crippen MR) is 226 cm³/mol.